The van der Waals surface area contributed by atoms with Gasteiger partial charge in [0.2, 0.25) is 0 Å². The van der Waals surface area contributed by atoms with E-state index >= 15 is 0 Å². The molecule has 5 nitrogen and oxygen atoms in total. The van der Waals surface area contributed by atoms with Crippen LogP contribution in [0.4, 0.5) is 9.80 Å². The van der Waals surface area contributed by atoms with Gasteiger partial charge in [-0.15, -0.1) is 11.3 Å². The summed E-state index contributed by atoms with van der Waals surface area (Å²) in [5.41, 5.74) is 4.88. The van der Waals surface area contributed by atoms with E-state index in [2.05, 4.69) is 11.4 Å². The first-order valence-corrected chi connectivity index (χ1v) is 13.3. The van der Waals surface area contributed by atoms with E-state index < -0.39 is 17.5 Å². The summed E-state index contributed by atoms with van der Waals surface area (Å²) in [6.07, 6.45) is 0.769. The first-order chi connectivity index (χ1) is 18.5. The molecule has 0 aliphatic heterocycles. The predicted molar refractivity (Wildman–Crippen MR) is 149 cm³/mol. The van der Waals surface area contributed by atoms with Crippen LogP contribution in [0.15, 0.2) is 103 Å². The third kappa shape index (κ3) is 5.52. The minimum Gasteiger partial charge on any atom is -0.549 e. The molecule has 0 unspecified atom stereocenters. The zero-order valence-electron chi connectivity index (χ0n) is 21.5. The van der Waals surface area contributed by atoms with Gasteiger partial charge in [-0.05, 0) is 46.7 Å². The normalized spacial score (nSPS) is 13.3. The van der Waals surface area contributed by atoms with Crippen LogP contribution in [0, 0.1) is 0 Å². The molecule has 0 saturated heterocycles. The van der Waals surface area contributed by atoms with Crippen molar-refractivity contribution in [3.05, 3.63) is 114 Å². The van der Waals surface area contributed by atoms with Crippen LogP contribution in [0.25, 0.3) is 32.3 Å². The second kappa shape index (κ2) is 11.4. The molecule has 1 amide bonds. The molecule has 1 N–H and O–H groups in total. The van der Waals surface area contributed by atoms with Crippen LogP contribution < -0.4 is 40.0 Å². The Bertz CT molecular complexity index is 1630. The van der Waals surface area contributed by atoms with Crippen molar-refractivity contribution in [1.29, 1.82) is 0 Å². The molecule has 1 aliphatic carbocycles. The number of amides is 1. The van der Waals surface area contributed by atoms with Crippen LogP contribution in [0.3, 0.4) is 0 Å². The zero-order chi connectivity index (χ0) is 26.1. The van der Waals surface area contributed by atoms with Crippen molar-refractivity contribution in [2.45, 2.75) is 24.9 Å². The fourth-order valence-corrected chi connectivity index (χ4v) is 5.93. The number of rotatable bonds is 7. The number of nitrogens with one attached hydrogen (secondary N) is 1. The summed E-state index contributed by atoms with van der Waals surface area (Å²) in [6, 6.07) is 33.5. The van der Waals surface area contributed by atoms with Crippen LogP contribution in [-0.4, -0.2) is 12.1 Å². The molecule has 0 radical (unpaired) electrons. The van der Waals surface area contributed by atoms with E-state index in [1.165, 1.54) is 11.3 Å². The molecule has 5 aromatic rings. The van der Waals surface area contributed by atoms with E-state index in [0.717, 1.165) is 48.5 Å². The number of aliphatic carboxylic acids is 1. The topological polar surface area (TPSA) is 78.5 Å². The fourth-order valence-electron chi connectivity index (χ4n) is 4.82. The molecule has 1 aromatic heterocycles. The number of carbonyl (C=O) groups is 2. The average molecular weight is 542 g/mol. The van der Waals surface area contributed by atoms with Crippen molar-refractivity contribution < 1.29 is 49.0 Å². The van der Waals surface area contributed by atoms with Gasteiger partial charge >= 0.3 is 35.7 Å². The Hall–Kier alpha value is -3.42. The molecule has 0 bridgehead atoms. The van der Waals surface area contributed by atoms with Crippen molar-refractivity contribution in [3.8, 4) is 22.3 Å². The first-order valence-electron chi connectivity index (χ1n) is 12.5. The van der Waals surface area contributed by atoms with Crippen LogP contribution in [0.5, 0.6) is 0 Å². The molecule has 6 rings (SSSR count). The van der Waals surface area contributed by atoms with E-state index in [-0.39, 0.29) is 36.2 Å². The smallest absolute Gasteiger partial charge is 0.549 e. The Morgan fingerprint density at radius 2 is 1.38 bits per heavy atom. The number of hydrogen-bond acceptors (Lipinski definition) is 5. The molecule has 1 aliphatic rings. The van der Waals surface area contributed by atoms with Crippen molar-refractivity contribution >= 4 is 38.5 Å². The number of carboxylic acid groups (broad SMARTS) is 1. The summed E-state index contributed by atoms with van der Waals surface area (Å²) in [7, 11) is 0. The van der Waals surface area contributed by atoms with E-state index in [0.29, 0.717) is 12.8 Å². The van der Waals surface area contributed by atoms with Crippen molar-refractivity contribution in [2.75, 3.05) is 5.32 Å². The number of carboxylic acids is 1. The maximum atomic E-state index is 12.7. The van der Waals surface area contributed by atoms with Crippen molar-refractivity contribution in [1.82, 2.24) is 0 Å². The summed E-state index contributed by atoms with van der Waals surface area (Å²) in [6.45, 7) is 0.199. The Labute approximate surface area is 252 Å². The second-order valence-corrected chi connectivity index (χ2v) is 10.6. The van der Waals surface area contributed by atoms with Gasteiger partial charge in [-0.25, -0.2) is 4.79 Å². The molecular weight excluding hydrogens is 517 g/mol. The standard InChI is InChI=1S/C32H25NO4S.Na/c34-30(35)32(18-19-32)25-16-14-23(15-17-25)22-10-12-24(13-11-22)28-26-8-4-5-9-27(26)38-29(28)33-31(36)37-20-21-6-2-1-3-7-21;/h1-17H,18-20H2,(H,33,36)(H,34,35);/q;+1/p-1. The van der Waals surface area contributed by atoms with Gasteiger partial charge in [-0.2, -0.15) is 0 Å². The van der Waals surface area contributed by atoms with Gasteiger partial charge in [0.15, 0.2) is 0 Å². The third-order valence-corrected chi connectivity index (χ3v) is 8.20. The molecule has 1 fully saturated rings. The average Bonchev–Trinajstić information content (AvgIpc) is 3.69. The zero-order valence-corrected chi connectivity index (χ0v) is 24.3. The van der Waals surface area contributed by atoms with Crippen molar-refractivity contribution in [2.24, 2.45) is 0 Å². The Morgan fingerprint density at radius 3 is 2.03 bits per heavy atom. The van der Waals surface area contributed by atoms with Gasteiger partial charge in [0.1, 0.15) is 11.6 Å². The number of anilines is 1. The number of fused-ring (bicyclic) bond motifs is 1. The van der Waals surface area contributed by atoms with Crippen LogP contribution in [-0.2, 0) is 21.6 Å². The summed E-state index contributed by atoms with van der Waals surface area (Å²) in [5, 5.41) is 16.3. The van der Waals surface area contributed by atoms with Gasteiger partial charge in [0.05, 0.1) is 5.97 Å². The second-order valence-electron chi connectivity index (χ2n) is 9.51. The van der Waals surface area contributed by atoms with Crippen LogP contribution in [0.2, 0.25) is 0 Å². The first kappa shape index (κ1) is 27.2. The molecule has 0 atom stereocenters. The quantitative estimate of drug-likeness (QED) is 0.318. The number of ether oxygens (including phenoxy) is 1. The van der Waals surface area contributed by atoms with Crippen LogP contribution >= 0.6 is 11.3 Å². The fraction of sp³-hybridized carbons (Fsp3) is 0.125. The number of thiophene rings is 1. The maximum absolute atomic E-state index is 12.7. The molecule has 1 heterocycles. The summed E-state index contributed by atoms with van der Waals surface area (Å²) >= 11 is 1.52. The summed E-state index contributed by atoms with van der Waals surface area (Å²) in [5.74, 6) is -0.994. The maximum Gasteiger partial charge on any atom is 1.00 e. The summed E-state index contributed by atoms with van der Waals surface area (Å²) < 4.78 is 6.54. The SMILES string of the molecule is O=C(Nc1sc2ccccc2c1-c1ccc(-c2ccc(C3(C(=O)[O-])CC3)cc2)cc1)OCc1ccccc1.[Na+]. The van der Waals surface area contributed by atoms with E-state index in [4.69, 9.17) is 4.74 Å². The van der Waals surface area contributed by atoms with Gasteiger partial charge in [-0.3, -0.25) is 5.32 Å². The molecule has 188 valence electrons. The number of hydrogen-bond donors (Lipinski definition) is 1. The largest absolute Gasteiger partial charge is 1.00 e. The van der Waals surface area contributed by atoms with Crippen molar-refractivity contribution in [3.63, 3.8) is 0 Å². The number of benzene rings is 4. The molecule has 4 aromatic carbocycles. The predicted octanol–water partition coefficient (Wildman–Crippen LogP) is 3.77. The molecule has 7 heteroatoms. The van der Waals surface area contributed by atoms with E-state index in [9.17, 15) is 14.7 Å². The Balaban J connectivity index is 0.00000308. The minimum absolute atomic E-state index is 0. The Morgan fingerprint density at radius 1 is 0.795 bits per heavy atom. The molecule has 1 saturated carbocycles. The summed E-state index contributed by atoms with van der Waals surface area (Å²) in [4.78, 5) is 24.2. The van der Waals surface area contributed by atoms with Gasteiger partial charge < -0.3 is 14.6 Å². The van der Waals surface area contributed by atoms with Gasteiger partial charge in [0.25, 0.3) is 0 Å². The number of carbonyl (C=O) groups excluding carboxylic acids is 2. The van der Waals surface area contributed by atoms with Gasteiger partial charge in [-0.1, -0.05) is 97.1 Å². The van der Waals surface area contributed by atoms with E-state index in [1.807, 2.05) is 97.1 Å². The minimum atomic E-state index is -0.994. The Kier molecular flexibility index (Phi) is 7.91. The third-order valence-electron chi connectivity index (χ3n) is 7.11. The van der Waals surface area contributed by atoms with Crippen LogP contribution in [0.1, 0.15) is 24.0 Å². The molecule has 0 spiro atoms. The van der Waals surface area contributed by atoms with E-state index in [1.54, 1.807) is 0 Å². The molecule has 39 heavy (non-hydrogen) atoms. The molecular formula is C32H24NNaO4S. The monoisotopic (exact) mass is 541 g/mol. The van der Waals surface area contributed by atoms with Gasteiger partial charge in [0, 0.05) is 21.1 Å².